The molecule has 0 aromatic heterocycles. The molecule has 108 valence electrons. The molecule has 6 heteroatoms. The normalized spacial score (nSPS) is 14.7. The van der Waals surface area contributed by atoms with Crippen molar-refractivity contribution in [3.05, 3.63) is 0 Å². The third kappa shape index (κ3) is 7.60. The lowest BCUT2D eigenvalue weighted by molar-refractivity contribution is -0.147. The van der Waals surface area contributed by atoms with Gasteiger partial charge in [0, 0.05) is 13.2 Å². The van der Waals surface area contributed by atoms with Crippen molar-refractivity contribution in [2.24, 2.45) is 0 Å². The van der Waals surface area contributed by atoms with Gasteiger partial charge in [-0.05, 0) is 20.8 Å². The molecular weight excluding hydrogens is 238 g/mol. The second-order valence-electron chi connectivity index (χ2n) is 4.59. The minimum Gasteiger partial charge on any atom is -0.480 e. The largest absolute Gasteiger partial charge is 0.480 e. The highest BCUT2D eigenvalue weighted by Crippen LogP contribution is 2.06. The van der Waals surface area contributed by atoms with Gasteiger partial charge in [-0.1, -0.05) is 0 Å². The maximum Gasteiger partial charge on any atom is 0.326 e. The van der Waals surface area contributed by atoms with Gasteiger partial charge < -0.3 is 19.3 Å². The topological polar surface area (TPSA) is 77.0 Å². The van der Waals surface area contributed by atoms with E-state index >= 15 is 0 Å². The molecule has 0 fully saturated rings. The fourth-order valence-electron chi connectivity index (χ4n) is 1.44. The Morgan fingerprint density at radius 3 is 2.28 bits per heavy atom. The first-order valence-electron chi connectivity index (χ1n) is 6.08. The van der Waals surface area contributed by atoms with Crippen LogP contribution in [0.5, 0.6) is 0 Å². The zero-order valence-corrected chi connectivity index (χ0v) is 11.7. The molecule has 0 bridgehead atoms. The van der Waals surface area contributed by atoms with Crippen molar-refractivity contribution in [1.82, 2.24) is 5.32 Å². The summed E-state index contributed by atoms with van der Waals surface area (Å²) in [5, 5.41) is 12.1. The number of carbonyl (C=O) groups is 1. The number of nitrogens with one attached hydrogen (secondary N) is 1. The highest BCUT2D eigenvalue weighted by Gasteiger charge is 2.33. The molecule has 0 aliphatic heterocycles. The van der Waals surface area contributed by atoms with E-state index in [0.717, 1.165) is 0 Å². The number of ether oxygens (including phenoxy) is 3. The lowest BCUT2D eigenvalue weighted by Gasteiger charge is -2.28. The first-order valence-corrected chi connectivity index (χ1v) is 6.08. The summed E-state index contributed by atoms with van der Waals surface area (Å²) in [7, 11) is 1.61. The third-order valence-electron chi connectivity index (χ3n) is 2.27. The highest BCUT2D eigenvalue weighted by atomic mass is 16.5. The van der Waals surface area contributed by atoms with Gasteiger partial charge in [-0.25, -0.2) is 0 Å². The molecule has 6 nitrogen and oxygen atoms in total. The van der Waals surface area contributed by atoms with Crippen LogP contribution in [0.15, 0.2) is 0 Å². The van der Waals surface area contributed by atoms with E-state index in [1.54, 1.807) is 14.0 Å². The lowest BCUT2D eigenvalue weighted by Crippen LogP contribution is -2.55. The molecule has 0 amide bonds. The van der Waals surface area contributed by atoms with Crippen LogP contribution in [0.4, 0.5) is 0 Å². The van der Waals surface area contributed by atoms with Crippen LogP contribution in [0, 0.1) is 0 Å². The minimum absolute atomic E-state index is 0.0765. The van der Waals surface area contributed by atoms with Gasteiger partial charge in [-0.3, -0.25) is 10.1 Å². The Bertz CT molecular complexity index is 235. The van der Waals surface area contributed by atoms with Gasteiger partial charge in [0.25, 0.3) is 0 Å². The van der Waals surface area contributed by atoms with Crippen LogP contribution in [-0.4, -0.2) is 62.8 Å². The Morgan fingerprint density at radius 1 is 1.22 bits per heavy atom. The predicted molar refractivity (Wildman–Crippen MR) is 67.8 cm³/mol. The van der Waals surface area contributed by atoms with Gasteiger partial charge in [-0.2, -0.15) is 0 Å². The van der Waals surface area contributed by atoms with Gasteiger partial charge in [-0.15, -0.1) is 0 Å². The van der Waals surface area contributed by atoms with Crippen LogP contribution in [0.2, 0.25) is 0 Å². The van der Waals surface area contributed by atoms with Crippen molar-refractivity contribution >= 4 is 5.97 Å². The summed E-state index contributed by atoms with van der Waals surface area (Å²) in [6.45, 7) is 7.37. The fraction of sp³-hybridized carbons (Fsp3) is 0.917. The number of aliphatic carboxylic acids is 1. The molecule has 0 radical (unpaired) electrons. The van der Waals surface area contributed by atoms with Gasteiger partial charge in [0.1, 0.15) is 5.54 Å². The number of hydrogen-bond acceptors (Lipinski definition) is 5. The van der Waals surface area contributed by atoms with Crippen LogP contribution in [0.25, 0.3) is 0 Å². The van der Waals surface area contributed by atoms with Gasteiger partial charge >= 0.3 is 5.97 Å². The number of hydrogen-bond donors (Lipinski definition) is 2. The highest BCUT2D eigenvalue weighted by molar-refractivity contribution is 5.78. The second-order valence-corrected chi connectivity index (χ2v) is 4.59. The molecule has 0 heterocycles. The average Bonchev–Trinajstić information content (AvgIpc) is 2.26. The Hall–Kier alpha value is -0.690. The molecule has 0 saturated carbocycles. The van der Waals surface area contributed by atoms with Crippen molar-refractivity contribution in [3.8, 4) is 0 Å². The summed E-state index contributed by atoms with van der Waals surface area (Å²) in [5.74, 6) is -0.920. The quantitative estimate of drug-likeness (QED) is 0.529. The Balaban J connectivity index is 3.81. The van der Waals surface area contributed by atoms with E-state index in [-0.39, 0.29) is 12.6 Å². The van der Waals surface area contributed by atoms with Crippen LogP contribution in [0.1, 0.15) is 20.8 Å². The number of carboxylic acid groups (broad SMARTS) is 1. The van der Waals surface area contributed by atoms with E-state index in [9.17, 15) is 4.79 Å². The summed E-state index contributed by atoms with van der Waals surface area (Å²) in [6, 6.07) is 0.0765. The van der Waals surface area contributed by atoms with Crippen molar-refractivity contribution in [2.75, 3.05) is 40.1 Å². The summed E-state index contributed by atoms with van der Waals surface area (Å²) in [4.78, 5) is 11.2. The fourth-order valence-corrected chi connectivity index (χ4v) is 1.44. The molecular formula is C12H25NO5. The summed E-state index contributed by atoms with van der Waals surface area (Å²) < 4.78 is 15.4. The van der Waals surface area contributed by atoms with E-state index in [0.29, 0.717) is 26.4 Å². The molecule has 0 aliphatic rings. The van der Waals surface area contributed by atoms with Crippen LogP contribution < -0.4 is 5.32 Å². The monoisotopic (exact) mass is 263 g/mol. The van der Waals surface area contributed by atoms with Gasteiger partial charge in [0.2, 0.25) is 0 Å². The minimum atomic E-state index is -1.07. The van der Waals surface area contributed by atoms with Crippen LogP contribution >= 0.6 is 0 Å². The molecule has 0 aromatic rings. The standard InChI is InChI=1S/C12H25NO5/c1-10(2)13-12(3,11(14)15)9-18-8-7-17-6-5-16-4/h10,13H,5-9H2,1-4H3,(H,14,15). The van der Waals surface area contributed by atoms with E-state index in [4.69, 9.17) is 19.3 Å². The SMILES string of the molecule is COCCOCCOCC(C)(NC(C)C)C(=O)O. The Kier molecular flexibility index (Phi) is 8.91. The van der Waals surface area contributed by atoms with E-state index < -0.39 is 11.5 Å². The average molecular weight is 263 g/mol. The van der Waals surface area contributed by atoms with Gasteiger partial charge in [0.15, 0.2) is 0 Å². The molecule has 2 N–H and O–H groups in total. The smallest absolute Gasteiger partial charge is 0.326 e. The molecule has 0 aromatic carbocycles. The van der Waals surface area contributed by atoms with Crippen LogP contribution in [-0.2, 0) is 19.0 Å². The van der Waals surface area contributed by atoms with Crippen molar-refractivity contribution in [2.45, 2.75) is 32.4 Å². The molecule has 1 atom stereocenters. The number of methoxy groups -OCH3 is 1. The van der Waals surface area contributed by atoms with Gasteiger partial charge in [0.05, 0.1) is 33.0 Å². The zero-order chi connectivity index (χ0) is 14.0. The van der Waals surface area contributed by atoms with E-state index in [2.05, 4.69) is 5.32 Å². The van der Waals surface area contributed by atoms with Crippen molar-refractivity contribution in [3.63, 3.8) is 0 Å². The Labute approximate surface area is 109 Å². The first kappa shape index (κ1) is 17.3. The number of carboxylic acids is 1. The van der Waals surface area contributed by atoms with Crippen LogP contribution in [0.3, 0.4) is 0 Å². The Morgan fingerprint density at radius 2 is 1.78 bits per heavy atom. The second kappa shape index (κ2) is 9.27. The van der Waals surface area contributed by atoms with E-state index in [1.165, 1.54) is 0 Å². The maximum atomic E-state index is 11.2. The summed E-state index contributed by atoms with van der Waals surface area (Å²) >= 11 is 0. The van der Waals surface area contributed by atoms with E-state index in [1.807, 2.05) is 13.8 Å². The molecule has 0 spiro atoms. The summed E-state index contributed by atoms with van der Waals surface area (Å²) in [5.41, 5.74) is -1.07. The molecule has 1 unspecified atom stereocenters. The molecule has 0 aliphatic carbocycles. The molecule has 0 rings (SSSR count). The first-order chi connectivity index (χ1) is 8.42. The summed E-state index contributed by atoms with van der Waals surface area (Å²) in [6.07, 6.45) is 0. The predicted octanol–water partition coefficient (Wildman–Crippen LogP) is 0.507. The van der Waals surface area contributed by atoms with Crippen molar-refractivity contribution in [1.29, 1.82) is 0 Å². The molecule has 18 heavy (non-hydrogen) atoms. The third-order valence-corrected chi connectivity index (χ3v) is 2.27. The zero-order valence-electron chi connectivity index (χ0n) is 11.7. The maximum absolute atomic E-state index is 11.2. The number of rotatable bonds is 11. The lowest BCUT2D eigenvalue weighted by atomic mass is 10.0. The molecule has 0 saturated heterocycles. The van der Waals surface area contributed by atoms with Crippen molar-refractivity contribution < 1.29 is 24.1 Å².